The number of amides is 3. The summed E-state index contributed by atoms with van der Waals surface area (Å²) in [4.78, 5) is 53.3. The third-order valence-corrected chi connectivity index (χ3v) is 7.81. The molecule has 1 aromatic carbocycles. The Balaban J connectivity index is 1.59. The number of hydrogen-bond donors (Lipinski definition) is 3. The van der Waals surface area contributed by atoms with E-state index >= 15 is 0 Å². The van der Waals surface area contributed by atoms with Crippen LogP contribution in [0, 0.1) is 5.92 Å². The Labute approximate surface area is 234 Å². The van der Waals surface area contributed by atoms with Crippen LogP contribution in [0.2, 0.25) is 0 Å². The number of nitrogens with zero attached hydrogens (tertiary/aromatic N) is 1. The number of benzene rings is 1. The second-order valence-electron chi connectivity index (χ2n) is 10.8. The monoisotopic (exact) mass is 553 g/mol. The number of unbranched alkanes of at least 4 members (excludes halogenated alkanes) is 1. The van der Waals surface area contributed by atoms with E-state index in [4.69, 9.17) is 9.47 Å². The van der Waals surface area contributed by atoms with Gasteiger partial charge in [0.25, 0.3) is 0 Å². The number of ether oxygens (including phenoxy) is 2. The zero-order valence-electron chi connectivity index (χ0n) is 23.0. The summed E-state index contributed by atoms with van der Waals surface area (Å²) in [5, 5.41) is 15.2. The standard InChI is InChI=1S/C30H39N3O7/c1-3-5-13-24-27(35)33-18-23(16-25(33)26(34)32-30(28(36)37)17-22(30)4-2)40-19-21-12-9-11-20(15-21)10-7-6-8-14-39-29(38)31-24/h4,7,9-12,15,22-25H,2-3,5-6,8,13-14,16-19H2,1H3,(H,31,38)(H,32,34)(H,36,37)/b10-7-/t22-,23-,24+,25+,30-/m1/s1. The van der Waals surface area contributed by atoms with Gasteiger partial charge in [-0.25, -0.2) is 9.59 Å². The Morgan fingerprint density at radius 1 is 1.32 bits per heavy atom. The lowest BCUT2D eigenvalue weighted by molar-refractivity contribution is -0.145. The average molecular weight is 554 g/mol. The average Bonchev–Trinajstić information content (AvgIpc) is 3.49. The summed E-state index contributed by atoms with van der Waals surface area (Å²) < 4.78 is 11.5. The van der Waals surface area contributed by atoms with Gasteiger partial charge in [-0.3, -0.25) is 9.59 Å². The van der Waals surface area contributed by atoms with E-state index in [1.165, 1.54) is 11.0 Å². The normalized spacial score (nSPS) is 29.8. The second-order valence-corrected chi connectivity index (χ2v) is 10.8. The van der Waals surface area contributed by atoms with E-state index in [-0.39, 0.29) is 31.9 Å². The first-order chi connectivity index (χ1) is 19.3. The largest absolute Gasteiger partial charge is 0.479 e. The molecule has 0 unspecified atom stereocenters. The summed E-state index contributed by atoms with van der Waals surface area (Å²) in [6.07, 6.45) is 8.11. The van der Waals surface area contributed by atoms with Crippen molar-refractivity contribution in [3.63, 3.8) is 0 Å². The van der Waals surface area contributed by atoms with Gasteiger partial charge in [0, 0.05) is 18.9 Å². The molecule has 0 radical (unpaired) electrons. The zero-order valence-corrected chi connectivity index (χ0v) is 23.0. The van der Waals surface area contributed by atoms with Crippen LogP contribution in [-0.4, -0.2) is 70.8 Å². The van der Waals surface area contributed by atoms with Crippen molar-refractivity contribution in [3.8, 4) is 0 Å². The molecular weight excluding hydrogens is 514 g/mol. The number of hydrogen-bond acceptors (Lipinski definition) is 6. The van der Waals surface area contributed by atoms with Crippen molar-refractivity contribution < 1.29 is 33.8 Å². The number of aliphatic carboxylic acids is 1. The van der Waals surface area contributed by atoms with E-state index in [2.05, 4.69) is 17.2 Å². The molecule has 3 amide bonds. The molecular formula is C30H39N3O7. The van der Waals surface area contributed by atoms with Crippen LogP contribution in [0.4, 0.5) is 4.79 Å². The number of nitrogens with one attached hydrogen (secondary N) is 2. The molecule has 1 aromatic rings. The van der Waals surface area contributed by atoms with Crippen molar-refractivity contribution in [2.75, 3.05) is 13.2 Å². The summed E-state index contributed by atoms with van der Waals surface area (Å²) in [5.74, 6) is -2.49. The molecule has 1 saturated heterocycles. The van der Waals surface area contributed by atoms with Gasteiger partial charge in [-0.1, -0.05) is 56.2 Å². The highest BCUT2D eigenvalue weighted by Gasteiger charge is 2.61. The van der Waals surface area contributed by atoms with Crippen molar-refractivity contribution in [2.45, 2.75) is 82.2 Å². The van der Waals surface area contributed by atoms with Crippen LogP contribution in [0.25, 0.3) is 6.08 Å². The van der Waals surface area contributed by atoms with Gasteiger partial charge in [0.15, 0.2) is 0 Å². The summed E-state index contributed by atoms with van der Waals surface area (Å²) >= 11 is 0. The predicted molar refractivity (Wildman–Crippen MR) is 148 cm³/mol. The lowest BCUT2D eigenvalue weighted by atomic mass is 10.1. The van der Waals surface area contributed by atoms with Crippen LogP contribution in [0.3, 0.4) is 0 Å². The van der Waals surface area contributed by atoms with Crippen molar-refractivity contribution in [3.05, 3.63) is 54.1 Å². The molecule has 0 aromatic heterocycles. The molecule has 1 aliphatic carbocycles. The van der Waals surface area contributed by atoms with Gasteiger partial charge in [0.1, 0.15) is 17.6 Å². The maximum Gasteiger partial charge on any atom is 0.407 e. The second kappa shape index (κ2) is 13.1. The number of cyclic esters (lactones) is 1. The van der Waals surface area contributed by atoms with E-state index in [1.54, 1.807) is 0 Å². The highest BCUT2D eigenvalue weighted by molar-refractivity contribution is 5.96. The Bertz CT molecular complexity index is 1150. The number of alkyl carbamates (subject to hydrolysis) is 1. The van der Waals surface area contributed by atoms with E-state index in [0.717, 1.165) is 24.0 Å². The molecule has 2 heterocycles. The maximum atomic E-state index is 13.8. The number of rotatable bonds is 7. The number of carbonyl (C=O) groups excluding carboxylic acids is 3. The minimum atomic E-state index is -1.42. The van der Waals surface area contributed by atoms with Gasteiger partial charge in [0.2, 0.25) is 11.8 Å². The molecule has 2 aliphatic heterocycles. The molecule has 4 rings (SSSR count). The van der Waals surface area contributed by atoms with Crippen LogP contribution >= 0.6 is 0 Å². The van der Waals surface area contributed by atoms with Gasteiger partial charge in [0.05, 0.1) is 19.3 Å². The summed E-state index contributed by atoms with van der Waals surface area (Å²) in [6, 6.07) is 6.08. The Morgan fingerprint density at radius 3 is 2.88 bits per heavy atom. The fourth-order valence-corrected chi connectivity index (χ4v) is 5.36. The van der Waals surface area contributed by atoms with Gasteiger partial charge in [-0.2, -0.15) is 0 Å². The Morgan fingerprint density at radius 2 is 2.15 bits per heavy atom. The highest BCUT2D eigenvalue weighted by atomic mass is 16.5. The SMILES string of the molecule is C=C[C@@H]1C[C@]1(NC(=O)[C@@H]1C[C@@H]2CN1C(=O)[C@H](CCCC)NC(=O)OCCC/C=C\c1cccc(c1)CO2)C(=O)O. The zero-order chi connectivity index (χ0) is 28.7. The fraction of sp³-hybridized carbons (Fsp3) is 0.533. The molecule has 3 aliphatic rings. The summed E-state index contributed by atoms with van der Waals surface area (Å²) in [7, 11) is 0. The van der Waals surface area contributed by atoms with Crippen LogP contribution in [-0.2, 0) is 30.5 Å². The molecule has 3 N–H and O–H groups in total. The molecule has 1 saturated carbocycles. The molecule has 5 atom stereocenters. The number of carboxylic acid groups (broad SMARTS) is 1. The smallest absolute Gasteiger partial charge is 0.407 e. The lowest BCUT2D eigenvalue weighted by Crippen LogP contribution is -2.56. The van der Waals surface area contributed by atoms with Gasteiger partial charge >= 0.3 is 12.1 Å². The number of allylic oxidation sites excluding steroid dienone is 1. The lowest BCUT2D eigenvalue weighted by Gasteiger charge is -2.29. The van der Waals surface area contributed by atoms with Crippen molar-refractivity contribution in [1.82, 2.24) is 15.5 Å². The van der Waals surface area contributed by atoms with Gasteiger partial charge < -0.3 is 30.1 Å². The molecule has 40 heavy (non-hydrogen) atoms. The van der Waals surface area contributed by atoms with Crippen molar-refractivity contribution in [1.29, 1.82) is 0 Å². The van der Waals surface area contributed by atoms with Crippen molar-refractivity contribution in [2.24, 2.45) is 5.92 Å². The van der Waals surface area contributed by atoms with Crippen LogP contribution in [0.15, 0.2) is 43.0 Å². The highest BCUT2D eigenvalue weighted by Crippen LogP contribution is 2.45. The molecule has 4 bridgehead atoms. The number of carbonyl (C=O) groups is 4. The number of fused-ring (bicyclic) bond motifs is 4. The maximum absolute atomic E-state index is 13.8. The third-order valence-electron chi connectivity index (χ3n) is 7.81. The van der Waals surface area contributed by atoms with Crippen LogP contribution < -0.4 is 10.6 Å². The van der Waals surface area contributed by atoms with Crippen LogP contribution in [0.5, 0.6) is 0 Å². The Kier molecular flexibility index (Phi) is 9.63. The molecule has 10 nitrogen and oxygen atoms in total. The topological polar surface area (TPSA) is 134 Å². The molecule has 2 fully saturated rings. The first-order valence-corrected chi connectivity index (χ1v) is 14.1. The van der Waals surface area contributed by atoms with Crippen molar-refractivity contribution >= 4 is 30.0 Å². The molecule has 10 heteroatoms. The molecule has 0 spiro atoms. The first kappa shape index (κ1) is 29.3. The fourth-order valence-electron chi connectivity index (χ4n) is 5.36. The predicted octanol–water partition coefficient (Wildman–Crippen LogP) is 3.41. The Hall–Kier alpha value is -3.66. The first-order valence-electron chi connectivity index (χ1n) is 14.1. The van der Waals surface area contributed by atoms with E-state index in [0.29, 0.717) is 25.9 Å². The quantitative estimate of drug-likeness (QED) is 0.441. The van der Waals surface area contributed by atoms with E-state index in [1.807, 2.05) is 43.3 Å². The minimum Gasteiger partial charge on any atom is -0.479 e. The third kappa shape index (κ3) is 6.91. The van der Waals surface area contributed by atoms with Gasteiger partial charge in [-0.05, 0) is 42.9 Å². The summed E-state index contributed by atoms with van der Waals surface area (Å²) in [6.45, 7) is 6.30. The van der Waals surface area contributed by atoms with Gasteiger partial charge in [-0.15, -0.1) is 6.58 Å². The van der Waals surface area contributed by atoms with E-state index < -0.39 is 47.6 Å². The van der Waals surface area contributed by atoms with Crippen LogP contribution in [0.1, 0.15) is 63.0 Å². The number of carboxylic acids is 1. The van der Waals surface area contributed by atoms with E-state index in [9.17, 15) is 24.3 Å². The summed E-state index contributed by atoms with van der Waals surface area (Å²) in [5.41, 5.74) is 0.554. The minimum absolute atomic E-state index is 0.140. The molecule has 216 valence electrons.